The zero-order chi connectivity index (χ0) is 34.5. The molecule has 0 spiro atoms. The second kappa shape index (κ2) is 14.7. The van der Waals surface area contributed by atoms with Crippen LogP contribution in [0, 0.1) is 29.0 Å². The number of nitrogens with zero attached hydrogens (tertiary/aromatic N) is 5. The molecular weight excluding hydrogens is 646 g/mol. The maximum atomic E-state index is 14.2. The lowest BCUT2D eigenvalue weighted by Gasteiger charge is -2.31. The van der Waals surface area contributed by atoms with Gasteiger partial charge in [0.25, 0.3) is 0 Å². The van der Waals surface area contributed by atoms with Gasteiger partial charge in [0.1, 0.15) is 17.2 Å². The van der Waals surface area contributed by atoms with Crippen molar-refractivity contribution < 1.29 is 22.3 Å². The summed E-state index contributed by atoms with van der Waals surface area (Å²) in [6.07, 6.45) is 3.60. The van der Waals surface area contributed by atoms with Crippen LogP contribution in [0.4, 0.5) is 4.39 Å². The highest BCUT2D eigenvalue weighted by Gasteiger charge is 2.25. The molecule has 0 saturated carbocycles. The molecule has 2 aromatic heterocycles. The standard InChI is InChI=1S/C36H38FN7O4S/c1-24(2)23-48-36(45)35-34(31-19-29(37)9-12-32(31)40-35)33-22-44(42-41-33)21-26-13-16-43(17-14-26)18-15-39-49(46,47)30-10-7-28(8-11-30)27-5-3-25(20-38)4-6-27/h3-12,19,22,24,26,39-40H,13-18,21,23H2,1-2H3. The van der Waals surface area contributed by atoms with Crippen molar-refractivity contribution in [2.24, 2.45) is 11.8 Å². The minimum absolute atomic E-state index is 0.164. The van der Waals surface area contributed by atoms with Gasteiger partial charge < -0.3 is 14.6 Å². The first-order valence-electron chi connectivity index (χ1n) is 16.3. The molecule has 1 saturated heterocycles. The number of H-pyrrole nitrogens is 1. The molecule has 0 radical (unpaired) electrons. The van der Waals surface area contributed by atoms with Crippen molar-refractivity contribution >= 4 is 26.9 Å². The molecule has 2 N–H and O–H groups in total. The Morgan fingerprint density at radius 1 is 1.08 bits per heavy atom. The number of carbonyl (C=O) groups excluding carboxylic acids is 1. The molecular formula is C36H38FN7O4S. The Morgan fingerprint density at radius 2 is 1.78 bits per heavy atom. The summed E-state index contributed by atoms with van der Waals surface area (Å²) < 4.78 is 50.0. The van der Waals surface area contributed by atoms with E-state index in [0.29, 0.717) is 53.3 Å². The molecule has 1 aliphatic heterocycles. The molecule has 5 aromatic rings. The quantitative estimate of drug-likeness (QED) is 0.162. The normalized spacial score (nSPS) is 14.3. The van der Waals surface area contributed by atoms with E-state index in [0.717, 1.165) is 37.1 Å². The van der Waals surface area contributed by atoms with Crippen LogP contribution in [0.1, 0.15) is 42.7 Å². The Bertz CT molecular complexity index is 2080. The number of hydrogen-bond donors (Lipinski definition) is 2. The van der Waals surface area contributed by atoms with Gasteiger partial charge in [-0.2, -0.15) is 5.26 Å². The van der Waals surface area contributed by atoms with E-state index in [1.807, 2.05) is 26.0 Å². The van der Waals surface area contributed by atoms with Crippen LogP contribution in [0.25, 0.3) is 33.3 Å². The lowest BCUT2D eigenvalue weighted by molar-refractivity contribution is 0.0454. The lowest BCUT2D eigenvalue weighted by atomic mass is 9.97. The fraction of sp³-hybridized carbons (Fsp3) is 0.333. The summed E-state index contributed by atoms with van der Waals surface area (Å²) in [5, 5.41) is 18.2. The van der Waals surface area contributed by atoms with Crippen LogP contribution in [0.15, 0.2) is 77.8 Å². The minimum Gasteiger partial charge on any atom is -0.461 e. The topological polar surface area (TPSA) is 146 Å². The molecule has 0 bridgehead atoms. The van der Waals surface area contributed by atoms with Crippen LogP contribution >= 0.6 is 0 Å². The number of fused-ring (bicyclic) bond motifs is 1. The Kier molecular flexibility index (Phi) is 10.2. The largest absolute Gasteiger partial charge is 0.461 e. The van der Waals surface area contributed by atoms with Crippen LogP contribution < -0.4 is 4.72 Å². The van der Waals surface area contributed by atoms with Gasteiger partial charge in [-0.15, -0.1) is 5.10 Å². The monoisotopic (exact) mass is 683 g/mol. The van der Waals surface area contributed by atoms with Gasteiger partial charge in [-0.3, -0.25) is 4.68 Å². The molecule has 6 rings (SSSR count). The van der Waals surface area contributed by atoms with E-state index in [2.05, 4.69) is 31.0 Å². The first-order valence-corrected chi connectivity index (χ1v) is 17.8. The van der Waals surface area contributed by atoms with Crippen molar-refractivity contribution in [3.05, 3.63) is 90.0 Å². The van der Waals surface area contributed by atoms with E-state index in [-0.39, 0.29) is 23.1 Å². The maximum absolute atomic E-state index is 14.2. The second-order valence-corrected chi connectivity index (χ2v) is 14.5. The molecule has 1 aliphatic rings. The highest BCUT2D eigenvalue weighted by molar-refractivity contribution is 7.89. The Morgan fingerprint density at radius 3 is 2.45 bits per heavy atom. The van der Waals surface area contributed by atoms with Gasteiger partial charge in [-0.05, 0) is 91.4 Å². The van der Waals surface area contributed by atoms with E-state index < -0.39 is 21.8 Å². The van der Waals surface area contributed by atoms with Crippen molar-refractivity contribution in [3.8, 4) is 28.5 Å². The Hall–Kier alpha value is -4.90. The number of esters is 1. The molecule has 1 fully saturated rings. The number of halogens is 1. The lowest BCUT2D eigenvalue weighted by Crippen LogP contribution is -2.40. The fourth-order valence-corrected chi connectivity index (χ4v) is 7.06. The molecule has 0 unspecified atom stereocenters. The van der Waals surface area contributed by atoms with Gasteiger partial charge in [0.05, 0.1) is 29.3 Å². The van der Waals surface area contributed by atoms with Crippen molar-refractivity contribution in [1.29, 1.82) is 5.26 Å². The van der Waals surface area contributed by atoms with Crippen molar-refractivity contribution in [2.45, 2.75) is 38.1 Å². The Labute approximate surface area is 284 Å². The summed E-state index contributed by atoms with van der Waals surface area (Å²) in [5.74, 6) is -0.441. The van der Waals surface area contributed by atoms with E-state index in [9.17, 15) is 17.6 Å². The first kappa shape index (κ1) is 34.0. The highest BCUT2D eigenvalue weighted by Crippen LogP contribution is 2.33. The molecule has 13 heteroatoms. The summed E-state index contributed by atoms with van der Waals surface area (Å²) in [6, 6.07) is 20.2. The number of rotatable bonds is 12. The van der Waals surface area contributed by atoms with Crippen molar-refractivity contribution in [3.63, 3.8) is 0 Å². The predicted octanol–water partition coefficient (Wildman–Crippen LogP) is 5.61. The molecule has 0 amide bonds. The van der Waals surface area contributed by atoms with Crippen LogP contribution in [0.3, 0.4) is 0 Å². The van der Waals surface area contributed by atoms with Gasteiger partial charge in [0, 0.05) is 36.1 Å². The number of aromatic amines is 1. The molecule has 49 heavy (non-hydrogen) atoms. The average Bonchev–Trinajstić information content (AvgIpc) is 3.72. The van der Waals surface area contributed by atoms with Gasteiger partial charge in [0.15, 0.2) is 0 Å². The number of aromatic nitrogens is 4. The van der Waals surface area contributed by atoms with Crippen LogP contribution in [0.5, 0.6) is 0 Å². The number of benzene rings is 3. The first-order chi connectivity index (χ1) is 23.6. The third-order valence-corrected chi connectivity index (χ3v) is 10.2. The number of carbonyl (C=O) groups is 1. The number of piperidine rings is 1. The van der Waals surface area contributed by atoms with E-state index in [4.69, 9.17) is 10.00 Å². The molecule has 254 valence electrons. The molecule has 11 nitrogen and oxygen atoms in total. The average molecular weight is 684 g/mol. The van der Waals surface area contributed by atoms with Crippen LogP contribution in [-0.4, -0.2) is 72.1 Å². The van der Waals surface area contributed by atoms with Gasteiger partial charge in [-0.25, -0.2) is 22.3 Å². The maximum Gasteiger partial charge on any atom is 0.355 e. The zero-order valence-corrected chi connectivity index (χ0v) is 28.2. The van der Waals surface area contributed by atoms with Gasteiger partial charge in [0.2, 0.25) is 10.0 Å². The number of nitrogens with one attached hydrogen (secondary N) is 2. The number of sulfonamides is 1. The summed E-state index contributed by atoms with van der Waals surface area (Å²) in [5.41, 5.74) is 4.10. The second-order valence-electron chi connectivity index (χ2n) is 12.8. The van der Waals surface area contributed by atoms with Gasteiger partial charge in [-0.1, -0.05) is 43.3 Å². The third-order valence-electron chi connectivity index (χ3n) is 8.69. The summed E-state index contributed by atoms with van der Waals surface area (Å²) in [6.45, 7) is 7.33. The molecule has 0 atom stereocenters. The highest BCUT2D eigenvalue weighted by atomic mass is 32.2. The van der Waals surface area contributed by atoms with Crippen molar-refractivity contribution in [1.82, 2.24) is 29.6 Å². The van der Waals surface area contributed by atoms with Crippen molar-refractivity contribution in [2.75, 3.05) is 32.8 Å². The summed E-state index contributed by atoms with van der Waals surface area (Å²) in [4.78, 5) is 18.5. The number of likely N-dealkylation sites (tertiary alicyclic amines) is 1. The van der Waals surface area contributed by atoms with E-state index in [1.54, 1.807) is 53.3 Å². The minimum atomic E-state index is -3.66. The summed E-state index contributed by atoms with van der Waals surface area (Å²) in [7, 11) is -3.66. The number of nitriles is 1. The fourth-order valence-electron chi connectivity index (χ4n) is 6.04. The number of ether oxygens (including phenoxy) is 1. The molecule has 3 heterocycles. The smallest absolute Gasteiger partial charge is 0.355 e. The summed E-state index contributed by atoms with van der Waals surface area (Å²) >= 11 is 0. The number of hydrogen-bond acceptors (Lipinski definition) is 8. The molecule has 0 aliphatic carbocycles. The van der Waals surface area contributed by atoms with Crippen LogP contribution in [0.2, 0.25) is 0 Å². The van der Waals surface area contributed by atoms with Crippen LogP contribution in [-0.2, 0) is 21.3 Å². The SMILES string of the molecule is CC(C)COC(=O)c1[nH]c2ccc(F)cc2c1-c1cn(CC2CCN(CCNS(=O)(=O)c3ccc(-c4ccc(C#N)cc4)cc3)CC2)nn1. The van der Waals surface area contributed by atoms with E-state index in [1.165, 1.54) is 12.1 Å². The predicted molar refractivity (Wildman–Crippen MR) is 183 cm³/mol. The Balaban J connectivity index is 1.01. The van der Waals surface area contributed by atoms with Gasteiger partial charge >= 0.3 is 5.97 Å². The zero-order valence-electron chi connectivity index (χ0n) is 27.4. The third kappa shape index (κ3) is 8.05. The molecule has 3 aromatic carbocycles. The van der Waals surface area contributed by atoms with E-state index >= 15 is 0 Å².